The van der Waals surface area contributed by atoms with Gasteiger partial charge in [0.2, 0.25) is 11.7 Å². The molecule has 0 amide bonds. The summed E-state index contributed by atoms with van der Waals surface area (Å²) in [5.41, 5.74) is 6.70. The molecule has 0 fully saturated rings. The van der Waals surface area contributed by atoms with E-state index >= 15 is 0 Å². The first kappa shape index (κ1) is 12.6. The van der Waals surface area contributed by atoms with Crippen LogP contribution in [0.4, 0.5) is 0 Å². The number of hydrogen-bond donors (Lipinski definition) is 1. The van der Waals surface area contributed by atoms with Crippen LogP contribution in [0, 0.1) is 0 Å². The van der Waals surface area contributed by atoms with Crippen molar-refractivity contribution in [3.8, 4) is 5.75 Å². The van der Waals surface area contributed by atoms with E-state index in [0.717, 1.165) is 18.6 Å². The van der Waals surface area contributed by atoms with Crippen LogP contribution in [-0.4, -0.2) is 16.7 Å². The Kier molecular flexibility index (Phi) is 4.30. The van der Waals surface area contributed by atoms with Crippen molar-refractivity contribution in [2.75, 3.05) is 6.54 Å². The minimum atomic E-state index is 0.319. The van der Waals surface area contributed by atoms with Crippen LogP contribution in [0.15, 0.2) is 28.8 Å². The zero-order valence-electron chi connectivity index (χ0n) is 10.4. The molecule has 18 heavy (non-hydrogen) atoms. The maximum absolute atomic E-state index is 5.57. The maximum atomic E-state index is 5.57. The Morgan fingerprint density at radius 1 is 1.28 bits per heavy atom. The Balaban J connectivity index is 1.89. The lowest BCUT2D eigenvalue weighted by Gasteiger charge is -2.04. The first-order valence-corrected chi connectivity index (χ1v) is 6.05. The highest BCUT2D eigenvalue weighted by Gasteiger charge is 2.04. The lowest BCUT2D eigenvalue weighted by atomic mass is 10.1. The predicted octanol–water partition coefficient (Wildman–Crippen LogP) is 1.71. The van der Waals surface area contributed by atoms with E-state index in [4.69, 9.17) is 15.0 Å². The summed E-state index contributed by atoms with van der Waals surface area (Å²) < 4.78 is 10.6. The second kappa shape index (κ2) is 6.16. The average Bonchev–Trinajstić information content (AvgIpc) is 2.86. The summed E-state index contributed by atoms with van der Waals surface area (Å²) in [5, 5.41) is 3.82. The van der Waals surface area contributed by atoms with Crippen LogP contribution in [0.3, 0.4) is 0 Å². The smallest absolute Gasteiger partial charge is 0.226 e. The second-order valence-electron chi connectivity index (χ2n) is 3.93. The molecule has 2 N–H and O–H groups in total. The van der Waals surface area contributed by atoms with E-state index < -0.39 is 0 Å². The molecule has 0 bridgehead atoms. The fourth-order valence-electron chi connectivity index (χ4n) is 1.56. The first-order valence-electron chi connectivity index (χ1n) is 6.05. The van der Waals surface area contributed by atoms with Crippen LogP contribution in [0.25, 0.3) is 0 Å². The van der Waals surface area contributed by atoms with E-state index in [9.17, 15) is 0 Å². The van der Waals surface area contributed by atoms with Gasteiger partial charge < -0.3 is 15.0 Å². The van der Waals surface area contributed by atoms with Gasteiger partial charge in [0.25, 0.3) is 0 Å². The highest BCUT2D eigenvalue weighted by molar-refractivity contribution is 5.27. The Bertz CT molecular complexity index is 479. The van der Waals surface area contributed by atoms with E-state index in [0.29, 0.717) is 24.9 Å². The molecular weight excluding hydrogens is 230 g/mol. The lowest BCUT2D eigenvalue weighted by Crippen LogP contribution is -2.02. The van der Waals surface area contributed by atoms with Crippen LogP contribution in [-0.2, 0) is 19.4 Å². The van der Waals surface area contributed by atoms with Gasteiger partial charge in [-0.15, -0.1) is 0 Å². The van der Waals surface area contributed by atoms with E-state index in [-0.39, 0.29) is 0 Å². The van der Waals surface area contributed by atoms with Crippen LogP contribution < -0.4 is 10.5 Å². The van der Waals surface area contributed by atoms with E-state index in [2.05, 4.69) is 10.1 Å². The zero-order chi connectivity index (χ0) is 12.8. The largest absolute Gasteiger partial charge is 0.485 e. The molecule has 0 spiro atoms. The van der Waals surface area contributed by atoms with Gasteiger partial charge in [0.15, 0.2) is 6.61 Å². The predicted molar refractivity (Wildman–Crippen MR) is 67.2 cm³/mol. The van der Waals surface area contributed by atoms with Gasteiger partial charge in [0.1, 0.15) is 5.75 Å². The molecular formula is C13H17N3O2. The van der Waals surface area contributed by atoms with Gasteiger partial charge in [-0.1, -0.05) is 24.2 Å². The number of rotatable bonds is 6. The van der Waals surface area contributed by atoms with Crippen molar-refractivity contribution in [2.24, 2.45) is 5.73 Å². The van der Waals surface area contributed by atoms with Gasteiger partial charge in [-0.3, -0.25) is 0 Å². The van der Waals surface area contributed by atoms with E-state index in [1.54, 1.807) is 0 Å². The summed E-state index contributed by atoms with van der Waals surface area (Å²) in [6, 6.07) is 7.86. The molecule has 0 saturated heterocycles. The monoisotopic (exact) mass is 247 g/mol. The third kappa shape index (κ3) is 3.30. The summed E-state index contributed by atoms with van der Waals surface area (Å²) in [6.07, 6.45) is 1.62. The number of ether oxygens (including phenoxy) is 1. The zero-order valence-corrected chi connectivity index (χ0v) is 10.4. The van der Waals surface area contributed by atoms with Crippen molar-refractivity contribution < 1.29 is 9.26 Å². The highest BCUT2D eigenvalue weighted by Crippen LogP contribution is 2.13. The van der Waals surface area contributed by atoms with Gasteiger partial charge in [-0.2, -0.15) is 4.98 Å². The van der Waals surface area contributed by atoms with Crippen molar-refractivity contribution in [3.63, 3.8) is 0 Å². The van der Waals surface area contributed by atoms with Crippen molar-refractivity contribution >= 4 is 0 Å². The van der Waals surface area contributed by atoms with Gasteiger partial charge in [-0.05, 0) is 30.7 Å². The maximum Gasteiger partial charge on any atom is 0.226 e. The summed E-state index contributed by atoms with van der Waals surface area (Å²) in [5.74, 6) is 1.99. The van der Waals surface area contributed by atoms with Gasteiger partial charge >= 0.3 is 0 Å². The Morgan fingerprint density at radius 3 is 2.67 bits per heavy atom. The summed E-state index contributed by atoms with van der Waals surface area (Å²) in [4.78, 5) is 4.17. The standard InChI is InChI=1S/C13H17N3O2/c1-2-13-15-12(16-18-13)9-17-11-5-3-10(4-6-11)7-8-14/h3-6H,2,7-9,14H2,1H3. The second-order valence-corrected chi connectivity index (χ2v) is 3.93. The normalized spacial score (nSPS) is 10.6. The van der Waals surface area contributed by atoms with Crippen molar-refractivity contribution in [2.45, 2.75) is 26.4 Å². The first-order chi connectivity index (χ1) is 8.81. The number of nitrogens with zero attached hydrogens (tertiary/aromatic N) is 2. The molecule has 96 valence electrons. The molecule has 0 aliphatic rings. The summed E-state index contributed by atoms with van der Waals surface area (Å²) in [7, 11) is 0. The SMILES string of the molecule is CCc1nc(COc2ccc(CCN)cc2)no1. The minimum Gasteiger partial charge on any atom is -0.485 e. The molecule has 2 rings (SSSR count). The van der Waals surface area contributed by atoms with Crippen LogP contribution >= 0.6 is 0 Å². The molecule has 1 aromatic carbocycles. The molecule has 0 saturated carbocycles. The molecule has 0 atom stereocenters. The topological polar surface area (TPSA) is 74.2 Å². The van der Waals surface area contributed by atoms with Crippen molar-refractivity contribution in [1.82, 2.24) is 10.1 Å². The molecule has 1 aromatic heterocycles. The number of hydrogen-bond acceptors (Lipinski definition) is 5. The average molecular weight is 247 g/mol. The molecule has 5 nitrogen and oxygen atoms in total. The van der Waals surface area contributed by atoms with Gasteiger partial charge in [0.05, 0.1) is 0 Å². The molecule has 0 aliphatic heterocycles. The highest BCUT2D eigenvalue weighted by atomic mass is 16.5. The number of benzene rings is 1. The third-order valence-electron chi connectivity index (χ3n) is 2.54. The van der Waals surface area contributed by atoms with E-state index in [1.165, 1.54) is 5.56 Å². The van der Waals surface area contributed by atoms with Gasteiger partial charge in [-0.25, -0.2) is 0 Å². The fraction of sp³-hybridized carbons (Fsp3) is 0.385. The molecule has 0 radical (unpaired) electrons. The van der Waals surface area contributed by atoms with Crippen LogP contribution in [0.5, 0.6) is 5.75 Å². The fourth-order valence-corrected chi connectivity index (χ4v) is 1.56. The minimum absolute atomic E-state index is 0.319. The third-order valence-corrected chi connectivity index (χ3v) is 2.54. The Morgan fingerprint density at radius 2 is 2.06 bits per heavy atom. The molecule has 5 heteroatoms. The molecule has 1 heterocycles. The number of aryl methyl sites for hydroxylation is 1. The van der Waals surface area contributed by atoms with Gasteiger partial charge in [0, 0.05) is 6.42 Å². The van der Waals surface area contributed by atoms with E-state index in [1.807, 2.05) is 31.2 Å². The van der Waals surface area contributed by atoms with Crippen molar-refractivity contribution in [1.29, 1.82) is 0 Å². The number of aromatic nitrogens is 2. The van der Waals surface area contributed by atoms with Crippen molar-refractivity contribution in [3.05, 3.63) is 41.5 Å². The molecule has 0 aliphatic carbocycles. The van der Waals surface area contributed by atoms with Crippen LogP contribution in [0.2, 0.25) is 0 Å². The molecule has 0 unspecified atom stereocenters. The summed E-state index contributed by atoms with van der Waals surface area (Å²) >= 11 is 0. The lowest BCUT2D eigenvalue weighted by molar-refractivity contribution is 0.285. The Hall–Kier alpha value is -1.88. The van der Waals surface area contributed by atoms with Crippen LogP contribution in [0.1, 0.15) is 24.2 Å². The summed E-state index contributed by atoms with van der Waals surface area (Å²) in [6.45, 7) is 2.94. The Labute approximate surface area is 106 Å². The quantitative estimate of drug-likeness (QED) is 0.841. The number of nitrogens with two attached hydrogens (primary N) is 1. The molecule has 2 aromatic rings.